The van der Waals surface area contributed by atoms with E-state index >= 15 is 0 Å². The number of rotatable bonds is 11. The second kappa shape index (κ2) is 13.7. The van der Waals surface area contributed by atoms with E-state index < -0.39 is 0 Å². The molecule has 4 nitrogen and oxygen atoms in total. The van der Waals surface area contributed by atoms with Crippen molar-refractivity contribution in [3.63, 3.8) is 0 Å². The molecule has 0 radical (unpaired) electrons. The summed E-state index contributed by atoms with van der Waals surface area (Å²) >= 11 is 16.0. The summed E-state index contributed by atoms with van der Waals surface area (Å²) in [7, 11) is 3.08. The average molecular weight is 395 g/mol. The highest BCUT2D eigenvalue weighted by Crippen LogP contribution is 2.25. The molecule has 0 heterocycles. The molecular formula is C10H18O4S6. The number of carbonyl (C=O) groups excluding carboxylic acids is 2. The molecule has 0 aliphatic rings. The van der Waals surface area contributed by atoms with Crippen LogP contribution < -0.4 is 0 Å². The average Bonchev–Trinajstić information content (AvgIpc) is 2.48. The minimum atomic E-state index is -0.353. The zero-order valence-electron chi connectivity index (χ0n) is 10.6. The minimum absolute atomic E-state index is 0.0590. The van der Waals surface area contributed by atoms with Crippen molar-refractivity contribution in [2.24, 2.45) is 0 Å². The lowest BCUT2D eigenvalue weighted by atomic mass is 10.5. The van der Waals surface area contributed by atoms with Crippen molar-refractivity contribution >= 4 is 84.0 Å². The van der Waals surface area contributed by atoms with E-state index in [1.54, 1.807) is 0 Å². The second-order valence-electron chi connectivity index (χ2n) is 3.47. The van der Waals surface area contributed by atoms with Gasteiger partial charge in [0.05, 0.1) is 11.5 Å². The molecule has 0 spiro atoms. The first kappa shape index (κ1) is 21.0. The highest BCUT2D eigenvalue weighted by molar-refractivity contribution is 8.76. The van der Waals surface area contributed by atoms with Crippen LogP contribution in [0.1, 0.15) is 0 Å². The van der Waals surface area contributed by atoms with Gasteiger partial charge < -0.3 is 9.47 Å². The number of ether oxygens (including phenoxy) is 2. The fraction of sp³-hybridized carbons (Fsp3) is 0.800. The molecular weight excluding hydrogens is 377 g/mol. The Morgan fingerprint density at radius 1 is 0.800 bits per heavy atom. The number of hydrogen-bond donors (Lipinski definition) is 4. The monoisotopic (exact) mass is 394 g/mol. The smallest absolute Gasteiger partial charge is 0.315 e. The van der Waals surface area contributed by atoms with E-state index in [-0.39, 0.29) is 35.7 Å². The van der Waals surface area contributed by atoms with Gasteiger partial charge in [0.15, 0.2) is 0 Å². The van der Waals surface area contributed by atoms with Crippen LogP contribution in [0.5, 0.6) is 0 Å². The molecule has 2 unspecified atom stereocenters. The van der Waals surface area contributed by atoms with Crippen molar-refractivity contribution in [2.45, 2.75) is 12.2 Å². The van der Waals surface area contributed by atoms with Crippen LogP contribution in [0.15, 0.2) is 0 Å². The van der Waals surface area contributed by atoms with Crippen LogP contribution in [-0.4, -0.2) is 58.7 Å². The van der Waals surface area contributed by atoms with Gasteiger partial charge in [-0.1, -0.05) is 21.6 Å². The first-order valence-electron chi connectivity index (χ1n) is 5.64. The van der Waals surface area contributed by atoms with E-state index in [1.165, 1.54) is 21.6 Å². The maximum absolute atomic E-state index is 11.1. The van der Waals surface area contributed by atoms with Crippen molar-refractivity contribution in [1.82, 2.24) is 0 Å². The van der Waals surface area contributed by atoms with E-state index in [1.807, 2.05) is 0 Å². The van der Waals surface area contributed by atoms with E-state index in [4.69, 9.17) is 9.47 Å². The van der Waals surface area contributed by atoms with Crippen molar-refractivity contribution in [3.05, 3.63) is 0 Å². The third-order valence-corrected chi connectivity index (χ3v) is 5.68. The fourth-order valence-electron chi connectivity index (χ4n) is 0.942. The molecule has 0 bridgehead atoms. The van der Waals surface area contributed by atoms with Gasteiger partial charge in [-0.2, -0.15) is 50.5 Å². The summed E-state index contributed by atoms with van der Waals surface area (Å²) in [4.78, 5) is 22.2. The lowest BCUT2D eigenvalue weighted by molar-refractivity contribution is -0.144. The maximum Gasteiger partial charge on any atom is 0.315 e. The molecule has 0 aromatic heterocycles. The van der Waals surface area contributed by atoms with Crippen LogP contribution in [0.3, 0.4) is 0 Å². The van der Waals surface area contributed by atoms with Crippen molar-refractivity contribution in [2.75, 3.05) is 34.5 Å². The molecule has 0 fully saturated rings. The third-order valence-electron chi connectivity index (χ3n) is 1.85. The molecule has 20 heavy (non-hydrogen) atoms. The van der Waals surface area contributed by atoms with Gasteiger partial charge in [-0.25, -0.2) is 0 Å². The Labute approximate surface area is 149 Å². The Bertz CT molecular complexity index is 263. The molecule has 0 aliphatic carbocycles. The highest BCUT2D eigenvalue weighted by Gasteiger charge is 2.15. The van der Waals surface area contributed by atoms with Gasteiger partial charge in [-0.3, -0.25) is 9.59 Å². The lowest BCUT2D eigenvalue weighted by Gasteiger charge is -2.16. The summed E-state index contributed by atoms with van der Waals surface area (Å²) in [6.45, 7) is 0. The molecule has 118 valence electrons. The minimum Gasteiger partial charge on any atom is -0.460 e. The predicted molar refractivity (Wildman–Crippen MR) is 100 cm³/mol. The zero-order valence-corrected chi connectivity index (χ0v) is 15.8. The first-order valence-corrected chi connectivity index (χ1v) is 10.7. The standard InChI is InChI=1S/C10H18O4S6/c11-9(3-17)13-7(1-15)5-19-20-6-8(2-16)14-10(12)4-18/h7-8,15-18H,1-6H2. The van der Waals surface area contributed by atoms with Gasteiger partial charge in [-0.15, -0.1) is 0 Å². The van der Waals surface area contributed by atoms with Gasteiger partial charge in [0.2, 0.25) is 0 Å². The molecule has 0 amide bonds. The summed E-state index contributed by atoms with van der Waals surface area (Å²) in [5.41, 5.74) is 0. The SMILES string of the molecule is O=C(CS)OC(CS)CSSCC(CS)OC(=O)CS. The van der Waals surface area contributed by atoms with Crippen LogP contribution in [0.25, 0.3) is 0 Å². The van der Waals surface area contributed by atoms with E-state index in [0.29, 0.717) is 23.0 Å². The van der Waals surface area contributed by atoms with E-state index in [2.05, 4.69) is 50.5 Å². The quantitative estimate of drug-likeness (QED) is 0.186. The second-order valence-corrected chi connectivity index (χ2v) is 7.39. The number of thiol groups is 4. The number of carbonyl (C=O) groups is 2. The fourth-order valence-corrected chi connectivity index (χ4v) is 4.20. The topological polar surface area (TPSA) is 52.6 Å². The molecule has 0 saturated heterocycles. The van der Waals surface area contributed by atoms with E-state index in [0.717, 1.165) is 0 Å². The molecule has 0 aromatic rings. The molecule has 0 rings (SSSR count). The van der Waals surface area contributed by atoms with Crippen molar-refractivity contribution in [1.29, 1.82) is 0 Å². The van der Waals surface area contributed by atoms with Gasteiger partial charge >= 0.3 is 11.9 Å². The van der Waals surface area contributed by atoms with Gasteiger partial charge in [0, 0.05) is 23.0 Å². The normalized spacial score (nSPS) is 13.6. The van der Waals surface area contributed by atoms with Gasteiger partial charge in [-0.05, 0) is 0 Å². The Hall–Kier alpha value is 1.04. The van der Waals surface area contributed by atoms with Crippen LogP contribution in [0.4, 0.5) is 0 Å². The van der Waals surface area contributed by atoms with Crippen molar-refractivity contribution < 1.29 is 19.1 Å². The van der Waals surface area contributed by atoms with Gasteiger partial charge in [0.1, 0.15) is 12.2 Å². The molecule has 0 aliphatic heterocycles. The molecule has 2 atom stereocenters. The van der Waals surface area contributed by atoms with Crippen LogP contribution in [0.2, 0.25) is 0 Å². The Morgan fingerprint density at radius 2 is 1.15 bits per heavy atom. The van der Waals surface area contributed by atoms with Crippen LogP contribution in [0, 0.1) is 0 Å². The largest absolute Gasteiger partial charge is 0.460 e. The molecule has 0 aromatic carbocycles. The Balaban J connectivity index is 3.85. The summed E-state index contributed by atoms with van der Waals surface area (Å²) < 4.78 is 10.3. The molecule has 0 saturated carbocycles. The Morgan fingerprint density at radius 3 is 1.40 bits per heavy atom. The van der Waals surface area contributed by atoms with Crippen LogP contribution in [-0.2, 0) is 19.1 Å². The van der Waals surface area contributed by atoms with Gasteiger partial charge in [0.25, 0.3) is 0 Å². The van der Waals surface area contributed by atoms with E-state index in [9.17, 15) is 9.59 Å². The Kier molecular flexibility index (Phi) is 14.4. The first-order chi connectivity index (χ1) is 9.57. The third kappa shape index (κ3) is 10.7. The molecule has 0 N–H and O–H groups in total. The summed E-state index contributed by atoms with van der Waals surface area (Å²) in [6.07, 6.45) is -0.491. The highest BCUT2D eigenvalue weighted by atomic mass is 33.1. The summed E-state index contributed by atoms with van der Waals surface area (Å²) in [5, 5.41) is 0. The zero-order chi connectivity index (χ0) is 15.4. The summed E-state index contributed by atoms with van der Waals surface area (Å²) in [5.74, 6) is 1.56. The van der Waals surface area contributed by atoms with Crippen molar-refractivity contribution in [3.8, 4) is 0 Å². The maximum atomic E-state index is 11.1. The summed E-state index contributed by atoms with van der Waals surface area (Å²) in [6, 6.07) is 0. The number of esters is 2. The molecule has 10 heteroatoms. The number of hydrogen-bond acceptors (Lipinski definition) is 10. The lowest BCUT2D eigenvalue weighted by Crippen LogP contribution is -2.24. The van der Waals surface area contributed by atoms with Crippen LogP contribution >= 0.6 is 72.1 Å². The predicted octanol–water partition coefficient (Wildman–Crippen LogP) is 1.91.